The number of hydrogen-bond donors (Lipinski definition) is 2. The predicted octanol–water partition coefficient (Wildman–Crippen LogP) is 5.80. The third-order valence-corrected chi connectivity index (χ3v) is 11.1. The molecule has 54 heavy (non-hydrogen) atoms. The molecule has 5 aromatic rings. The molecular formula is C38H40N8O6S2. The molecule has 0 saturated carbocycles. The number of rotatable bonds is 15. The SMILES string of the molecule is CCOc1cncc(-c2ccc(CN3CCN(c4ccc(C(=O)NS(=O)(=O)c5ccc(NCCSc6ccccc6)c([N+](=O)[O-])c5)nn4)CC3)cc2C)c1. The number of pyridine rings is 1. The van der Waals surface area contributed by atoms with E-state index in [1.807, 2.05) is 54.2 Å². The van der Waals surface area contributed by atoms with Crippen LogP contribution in [0, 0.1) is 17.0 Å². The number of carbonyl (C=O) groups excluding carboxylic acids is 1. The summed E-state index contributed by atoms with van der Waals surface area (Å²) in [6.45, 7) is 8.79. The Morgan fingerprint density at radius 1 is 0.963 bits per heavy atom. The van der Waals surface area contributed by atoms with Crippen LogP contribution in [0.1, 0.15) is 28.5 Å². The summed E-state index contributed by atoms with van der Waals surface area (Å²) in [4.78, 5) is 33.4. The van der Waals surface area contributed by atoms with E-state index in [1.165, 1.54) is 23.8 Å². The Bertz CT molecular complexity index is 2200. The van der Waals surface area contributed by atoms with E-state index in [9.17, 15) is 23.3 Å². The first kappa shape index (κ1) is 38.2. The topological polar surface area (TPSA) is 173 Å². The van der Waals surface area contributed by atoms with Crippen molar-refractivity contribution in [3.05, 3.63) is 124 Å². The van der Waals surface area contributed by atoms with Gasteiger partial charge in [-0.3, -0.25) is 24.8 Å². The maximum Gasteiger partial charge on any atom is 0.293 e. The molecule has 0 aliphatic carbocycles. The number of amides is 1. The number of nitrogens with one attached hydrogen (secondary N) is 2. The van der Waals surface area contributed by atoms with E-state index < -0.39 is 31.4 Å². The molecule has 1 saturated heterocycles. The van der Waals surface area contributed by atoms with Crippen molar-refractivity contribution in [3.63, 3.8) is 0 Å². The number of sulfonamides is 1. The Morgan fingerprint density at radius 2 is 1.76 bits per heavy atom. The number of nitro benzene ring substituents is 1. The smallest absolute Gasteiger partial charge is 0.293 e. The molecule has 2 aromatic heterocycles. The molecule has 0 bridgehead atoms. The number of nitrogens with zero attached hydrogens (tertiary/aromatic N) is 6. The van der Waals surface area contributed by atoms with Gasteiger partial charge in [-0.15, -0.1) is 22.0 Å². The highest BCUT2D eigenvalue weighted by molar-refractivity contribution is 7.99. The third-order valence-electron chi connectivity index (χ3n) is 8.74. The van der Waals surface area contributed by atoms with E-state index in [1.54, 1.807) is 24.0 Å². The molecule has 2 N–H and O–H groups in total. The predicted molar refractivity (Wildman–Crippen MR) is 209 cm³/mol. The van der Waals surface area contributed by atoms with Crippen LogP contribution in [0.15, 0.2) is 107 Å². The molecule has 1 amide bonds. The molecule has 0 unspecified atom stereocenters. The fourth-order valence-electron chi connectivity index (χ4n) is 6.05. The van der Waals surface area contributed by atoms with Crippen LogP contribution in [0.4, 0.5) is 17.2 Å². The van der Waals surface area contributed by atoms with Crippen LogP contribution in [-0.2, 0) is 16.6 Å². The quantitative estimate of drug-likeness (QED) is 0.0567. The van der Waals surface area contributed by atoms with E-state index in [4.69, 9.17) is 4.74 Å². The van der Waals surface area contributed by atoms with Crippen molar-refractivity contribution in [2.75, 3.05) is 55.3 Å². The van der Waals surface area contributed by atoms with Crippen LogP contribution < -0.4 is 19.7 Å². The summed E-state index contributed by atoms with van der Waals surface area (Å²) in [6.07, 6.45) is 3.56. The Labute approximate surface area is 318 Å². The van der Waals surface area contributed by atoms with Crippen LogP contribution in [0.25, 0.3) is 11.1 Å². The molecule has 0 radical (unpaired) electrons. The van der Waals surface area contributed by atoms with Gasteiger partial charge in [-0.2, -0.15) is 0 Å². The van der Waals surface area contributed by atoms with Crippen LogP contribution in [0.5, 0.6) is 5.75 Å². The summed E-state index contributed by atoms with van der Waals surface area (Å²) in [7, 11) is -4.46. The minimum absolute atomic E-state index is 0.170. The maximum absolute atomic E-state index is 13.1. The standard InChI is InChI=1S/C38H40N8O6S2/c1-3-52-30-22-29(24-39-25-30)33-11-9-28(21-27(33)2)26-44-16-18-45(19-17-44)37-14-13-35(41-42-37)38(47)43-54(50,51)32-10-12-34(36(23-32)46(48)49)40-15-20-53-31-7-5-4-6-8-31/h4-14,21-25,40H,3,15-20,26H2,1-2H3,(H,43,47). The van der Waals surface area contributed by atoms with Crippen LogP contribution in [-0.4, -0.2) is 84.4 Å². The van der Waals surface area contributed by atoms with E-state index >= 15 is 0 Å². The first-order valence-corrected chi connectivity index (χ1v) is 19.8. The molecule has 1 fully saturated rings. The van der Waals surface area contributed by atoms with Crippen molar-refractivity contribution in [2.24, 2.45) is 0 Å². The summed E-state index contributed by atoms with van der Waals surface area (Å²) >= 11 is 1.58. The number of ether oxygens (including phenoxy) is 1. The van der Waals surface area contributed by atoms with E-state index in [0.29, 0.717) is 37.8 Å². The lowest BCUT2D eigenvalue weighted by molar-refractivity contribution is -0.384. The first-order chi connectivity index (χ1) is 26.1. The zero-order valence-corrected chi connectivity index (χ0v) is 31.5. The van der Waals surface area contributed by atoms with Gasteiger partial charge in [-0.1, -0.05) is 36.4 Å². The van der Waals surface area contributed by atoms with E-state index in [0.717, 1.165) is 53.0 Å². The van der Waals surface area contributed by atoms with Crippen molar-refractivity contribution in [1.82, 2.24) is 24.8 Å². The lowest BCUT2D eigenvalue weighted by Gasteiger charge is -2.35. The molecule has 14 nitrogen and oxygen atoms in total. The summed E-state index contributed by atoms with van der Waals surface area (Å²) in [5.74, 6) is 0.949. The number of benzene rings is 3. The molecule has 280 valence electrons. The van der Waals surface area contributed by atoms with Gasteiger partial charge in [0, 0.05) is 67.7 Å². The molecule has 1 aliphatic heterocycles. The summed E-state index contributed by atoms with van der Waals surface area (Å²) in [6, 6.07) is 24.7. The van der Waals surface area contributed by atoms with Gasteiger partial charge in [-0.05, 0) is 73.0 Å². The van der Waals surface area contributed by atoms with Crippen LogP contribution >= 0.6 is 11.8 Å². The van der Waals surface area contributed by atoms with E-state index in [-0.39, 0.29) is 11.4 Å². The minimum atomic E-state index is -4.46. The van der Waals surface area contributed by atoms with Gasteiger partial charge < -0.3 is 15.0 Å². The van der Waals surface area contributed by atoms with Gasteiger partial charge in [0.2, 0.25) is 0 Å². The van der Waals surface area contributed by atoms with Gasteiger partial charge in [0.05, 0.1) is 22.6 Å². The Morgan fingerprint density at radius 3 is 2.46 bits per heavy atom. The Kier molecular flexibility index (Phi) is 12.4. The lowest BCUT2D eigenvalue weighted by Crippen LogP contribution is -2.46. The van der Waals surface area contributed by atoms with Gasteiger partial charge in [0.1, 0.15) is 11.4 Å². The molecule has 1 aliphatic rings. The highest BCUT2D eigenvalue weighted by atomic mass is 32.2. The highest BCUT2D eigenvalue weighted by Gasteiger charge is 2.25. The Balaban J connectivity index is 1.00. The number of hydrogen-bond acceptors (Lipinski definition) is 13. The molecular weight excluding hydrogens is 729 g/mol. The van der Waals surface area contributed by atoms with Crippen molar-refractivity contribution < 1.29 is 22.9 Å². The fourth-order valence-corrected chi connectivity index (χ4v) is 7.82. The minimum Gasteiger partial charge on any atom is -0.492 e. The van der Waals surface area contributed by atoms with Gasteiger partial charge in [0.25, 0.3) is 21.6 Å². The average Bonchev–Trinajstić information content (AvgIpc) is 3.17. The van der Waals surface area contributed by atoms with Gasteiger partial charge >= 0.3 is 0 Å². The fraction of sp³-hybridized carbons (Fsp3) is 0.263. The number of aromatic nitrogens is 3. The van der Waals surface area contributed by atoms with Gasteiger partial charge in [-0.25, -0.2) is 13.1 Å². The molecule has 3 heterocycles. The molecule has 6 rings (SSSR count). The van der Waals surface area contributed by atoms with Crippen LogP contribution in [0.2, 0.25) is 0 Å². The molecule has 3 aromatic carbocycles. The second-order valence-corrected chi connectivity index (χ2v) is 15.3. The number of anilines is 2. The lowest BCUT2D eigenvalue weighted by atomic mass is 9.99. The first-order valence-electron chi connectivity index (χ1n) is 17.4. The summed E-state index contributed by atoms with van der Waals surface area (Å²) < 4.78 is 33.7. The van der Waals surface area contributed by atoms with E-state index in [2.05, 4.69) is 55.4 Å². The molecule has 16 heteroatoms. The second kappa shape index (κ2) is 17.5. The number of nitro groups is 1. The largest absolute Gasteiger partial charge is 0.492 e. The number of thioether (sulfide) groups is 1. The number of carbonyl (C=O) groups is 1. The van der Waals surface area contributed by atoms with Crippen molar-refractivity contribution >= 4 is 44.9 Å². The van der Waals surface area contributed by atoms with Crippen molar-refractivity contribution in [3.8, 4) is 16.9 Å². The monoisotopic (exact) mass is 768 g/mol. The number of aryl methyl sites for hydroxylation is 1. The third kappa shape index (κ3) is 9.69. The van der Waals surface area contributed by atoms with Crippen LogP contribution in [0.3, 0.4) is 0 Å². The van der Waals surface area contributed by atoms with Crippen molar-refractivity contribution in [2.45, 2.75) is 30.2 Å². The Hall–Kier alpha value is -5.58. The average molecular weight is 769 g/mol. The van der Waals surface area contributed by atoms with Gasteiger partial charge in [0.15, 0.2) is 11.5 Å². The highest BCUT2D eigenvalue weighted by Crippen LogP contribution is 2.29. The number of piperazine rings is 1. The molecule has 0 atom stereocenters. The maximum atomic E-state index is 13.1. The summed E-state index contributed by atoms with van der Waals surface area (Å²) in [5.41, 5.74) is 4.03. The zero-order chi connectivity index (χ0) is 38.1. The summed E-state index contributed by atoms with van der Waals surface area (Å²) in [5, 5.41) is 23.0. The zero-order valence-electron chi connectivity index (χ0n) is 29.8. The second-order valence-electron chi connectivity index (χ2n) is 12.5. The van der Waals surface area contributed by atoms with Crippen molar-refractivity contribution in [1.29, 1.82) is 0 Å². The normalized spacial score (nSPS) is 13.3. The molecule has 0 spiro atoms.